The van der Waals surface area contributed by atoms with Crippen LogP contribution in [0.5, 0.6) is 0 Å². The minimum Gasteiger partial charge on any atom is -0.290 e. The van der Waals surface area contributed by atoms with Crippen LogP contribution in [0.1, 0.15) is 23.7 Å². The molecule has 0 bridgehead atoms. The first kappa shape index (κ1) is 11.6. The quantitative estimate of drug-likeness (QED) is 0.754. The van der Waals surface area contributed by atoms with E-state index in [0.29, 0.717) is 9.88 Å². The Hall–Kier alpha value is -0.870. The zero-order chi connectivity index (χ0) is 11.5. The van der Waals surface area contributed by atoms with E-state index in [0.717, 1.165) is 12.2 Å². The van der Waals surface area contributed by atoms with Crippen molar-refractivity contribution < 1.29 is 4.79 Å². The van der Waals surface area contributed by atoms with Crippen LogP contribution in [0.4, 0.5) is 0 Å². The fourth-order valence-corrected chi connectivity index (χ4v) is 3.26. The highest BCUT2D eigenvalue weighted by Crippen LogP contribution is 2.27. The Kier molecular flexibility index (Phi) is 3.61. The molecule has 4 heteroatoms. The fraction of sp³-hybridized carbons (Fsp3) is 0.333. The van der Waals surface area contributed by atoms with Crippen LogP contribution in [-0.4, -0.2) is 26.9 Å². The number of hydrogen-bond acceptors (Lipinski definition) is 3. The Morgan fingerprint density at radius 3 is 2.81 bits per heavy atom. The third-order valence-corrected chi connectivity index (χ3v) is 4.22. The normalized spacial score (nSPS) is 20.2. The van der Waals surface area contributed by atoms with Crippen molar-refractivity contribution in [3.63, 3.8) is 0 Å². The summed E-state index contributed by atoms with van der Waals surface area (Å²) < 4.78 is 0.709. The first-order valence-corrected chi connectivity index (χ1v) is 6.68. The van der Waals surface area contributed by atoms with Crippen molar-refractivity contribution in [2.24, 2.45) is 0 Å². The minimum absolute atomic E-state index is 0.0300. The Labute approximate surface area is 105 Å². The van der Waals surface area contributed by atoms with Gasteiger partial charge < -0.3 is 0 Å². The van der Waals surface area contributed by atoms with Gasteiger partial charge in [-0.15, -0.1) is 0 Å². The van der Waals surface area contributed by atoms with E-state index >= 15 is 0 Å². The molecule has 2 rings (SSSR count). The predicted molar refractivity (Wildman–Crippen MR) is 71.7 cm³/mol. The minimum atomic E-state index is 0.0300. The van der Waals surface area contributed by atoms with Crippen LogP contribution in [-0.2, 0) is 0 Å². The third kappa shape index (κ3) is 2.13. The van der Waals surface area contributed by atoms with Crippen molar-refractivity contribution in [3.8, 4) is 0 Å². The molecule has 0 radical (unpaired) electrons. The number of hydrogen-bond donors (Lipinski definition) is 0. The molecule has 0 saturated carbocycles. The summed E-state index contributed by atoms with van der Waals surface area (Å²) in [7, 11) is 0. The number of benzene rings is 1. The second kappa shape index (κ2) is 4.97. The lowest BCUT2D eigenvalue weighted by molar-refractivity contribution is 0.0822. The van der Waals surface area contributed by atoms with Crippen molar-refractivity contribution in [1.82, 2.24) is 4.90 Å². The number of nitrogens with zero attached hydrogens (tertiary/aromatic N) is 1. The molecule has 84 valence electrons. The van der Waals surface area contributed by atoms with Crippen LogP contribution >= 0.6 is 24.0 Å². The van der Waals surface area contributed by atoms with Crippen molar-refractivity contribution in [3.05, 3.63) is 35.9 Å². The van der Waals surface area contributed by atoms with Gasteiger partial charge >= 0.3 is 0 Å². The molecule has 1 saturated heterocycles. The molecular weight excluding hydrogens is 238 g/mol. The van der Waals surface area contributed by atoms with E-state index in [1.165, 1.54) is 0 Å². The molecule has 0 aliphatic carbocycles. The molecule has 0 spiro atoms. The van der Waals surface area contributed by atoms with E-state index in [1.54, 1.807) is 16.7 Å². The topological polar surface area (TPSA) is 20.3 Å². The average molecular weight is 251 g/mol. The standard InChI is InChI=1S/C12H13NOS2/c1-2-10-8-16-12(15)13(10)11(14)9-6-4-3-5-7-9/h3-7,10H,2,8H2,1H3. The van der Waals surface area contributed by atoms with E-state index in [4.69, 9.17) is 12.2 Å². The van der Waals surface area contributed by atoms with Crippen molar-refractivity contribution >= 4 is 34.2 Å². The van der Waals surface area contributed by atoms with Crippen molar-refractivity contribution in [2.75, 3.05) is 5.75 Å². The van der Waals surface area contributed by atoms with Gasteiger partial charge in [0.2, 0.25) is 0 Å². The molecule has 1 aliphatic rings. The second-order valence-electron chi connectivity index (χ2n) is 3.68. The van der Waals surface area contributed by atoms with Gasteiger partial charge in [-0.2, -0.15) is 0 Å². The molecule has 1 unspecified atom stereocenters. The molecule has 16 heavy (non-hydrogen) atoms. The molecule has 1 aromatic rings. The van der Waals surface area contributed by atoms with Gasteiger partial charge in [0.1, 0.15) is 4.32 Å². The fourth-order valence-electron chi connectivity index (χ4n) is 1.73. The summed E-state index contributed by atoms with van der Waals surface area (Å²) in [5.41, 5.74) is 0.714. The van der Waals surface area contributed by atoms with Crippen LogP contribution in [0.3, 0.4) is 0 Å². The summed E-state index contributed by atoms with van der Waals surface area (Å²) in [5.74, 6) is 0.955. The molecule has 1 amide bonds. The Morgan fingerprint density at radius 2 is 2.19 bits per heavy atom. The lowest BCUT2D eigenvalue weighted by atomic mass is 10.1. The highest BCUT2D eigenvalue weighted by molar-refractivity contribution is 8.23. The van der Waals surface area contributed by atoms with Crippen LogP contribution < -0.4 is 0 Å². The molecule has 1 aliphatic heterocycles. The van der Waals surface area contributed by atoms with Gasteiger partial charge in [0.05, 0.1) is 0 Å². The molecule has 0 N–H and O–H groups in total. The van der Waals surface area contributed by atoms with E-state index < -0.39 is 0 Å². The molecule has 2 nitrogen and oxygen atoms in total. The van der Waals surface area contributed by atoms with E-state index in [-0.39, 0.29) is 11.9 Å². The highest BCUT2D eigenvalue weighted by Gasteiger charge is 2.32. The Bertz CT molecular complexity index is 405. The lowest BCUT2D eigenvalue weighted by Crippen LogP contribution is -2.38. The maximum absolute atomic E-state index is 12.3. The van der Waals surface area contributed by atoms with Crippen LogP contribution in [0.2, 0.25) is 0 Å². The molecule has 1 heterocycles. The smallest absolute Gasteiger partial charge is 0.259 e. The number of rotatable bonds is 2. The van der Waals surface area contributed by atoms with Crippen LogP contribution in [0, 0.1) is 0 Å². The Morgan fingerprint density at radius 1 is 1.50 bits per heavy atom. The van der Waals surface area contributed by atoms with Gasteiger partial charge in [-0.25, -0.2) is 0 Å². The highest BCUT2D eigenvalue weighted by atomic mass is 32.2. The third-order valence-electron chi connectivity index (χ3n) is 2.67. The number of carbonyl (C=O) groups excluding carboxylic acids is 1. The largest absolute Gasteiger partial charge is 0.290 e. The van der Waals surface area contributed by atoms with Gasteiger partial charge in [-0.1, -0.05) is 49.1 Å². The summed E-state index contributed by atoms with van der Waals surface area (Å²) in [6.07, 6.45) is 0.950. The van der Waals surface area contributed by atoms with Gasteiger partial charge in [-0.05, 0) is 18.6 Å². The van der Waals surface area contributed by atoms with E-state index in [9.17, 15) is 4.79 Å². The van der Waals surface area contributed by atoms with Gasteiger partial charge in [0.15, 0.2) is 0 Å². The summed E-state index contributed by atoms with van der Waals surface area (Å²) in [4.78, 5) is 14.0. The maximum Gasteiger partial charge on any atom is 0.259 e. The number of thioether (sulfide) groups is 1. The first-order valence-electron chi connectivity index (χ1n) is 5.29. The maximum atomic E-state index is 12.3. The Balaban J connectivity index is 2.24. The summed E-state index contributed by atoms with van der Waals surface area (Å²) in [6, 6.07) is 9.58. The summed E-state index contributed by atoms with van der Waals surface area (Å²) in [6.45, 7) is 2.09. The van der Waals surface area contributed by atoms with Gasteiger partial charge in [0, 0.05) is 17.4 Å². The monoisotopic (exact) mass is 251 g/mol. The molecular formula is C12H13NOS2. The second-order valence-corrected chi connectivity index (χ2v) is 5.33. The number of thiocarbonyl (C=S) groups is 1. The zero-order valence-electron chi connectivity index (χ0n) is 9.05. The zero-order valence-corrected chi connectivity index (χ0v) is 10.7. The van der Waals surface area contributed by atoms with Gasteiger partial charge in [-0.3, -0.25) is 9.69 Å². The van der Waals surface area contributed by atoms with E-state index in [1.807, 2.05) is 30.3 Å². The average Bonchev–Trinajstić information content (AvgIpc) is 2.70. The van der Waals surface area contributed by atoms with Crippen molar-refractivity contribution in [2.45, 2.75) is 19.4 Å². The molecule has 1 aromatic carbocycles. The summed E-state index contributed by atoms with van der Waals surface area (Å²) >= 11 is 6.83. The lowest BCUT2D eigenvalue weighted by Gasteiger charge is -2.22. The van der Waals surface area contributed by atoms with Gasteiger partial charge in [0.25, 0.3) is 5.91 Å². The van der Waals surface area contributed by atoms with E-state index in [2.05, 4.69) is 6.92 Å². The van der Waals surface area contributed by atoms with Crippen LogP contribution in [0.25, 0.3) is 0 Å². The first-order chi connectivity index (χ1) is 7.74. The molecule has 1 fully saturated rings. The number of carbonyl (C=O) groups is 1. The molecule has 0 aromatic heterocycles. The summed E-state index contributed by atoms with van der Waals surface area (Å²) in [5, 5.41) is 0. The molecule has 1 atom stereocenters. The van der Waals surface area contributed by atoms with Crippen molar-refractivity contribution in [1.29, 1.82) is 0 Å². The predicted octanol–water partition coefficient (Wildman–Crippen LogP) is 2.94. The number of amides is 1. The van der Waals surface area contributed by atoms with Crippen LogP contribution in [0.15, 0.2) is 30.3 Å². The SMILES string of the molecule is CCC1CSC(=S)N1C(=O)c1ccccc1.